The highest BCUT2D eigenvalue weighted by atomic mass is 16.5. The van der Waals surface area contributed by atoms with E-state index in [2.05, 4.69) is 18.9 Å². The topological polar surface area (TPSA) is 38.8 Å². The molecule has 116 valence electrons. The summed E-state index contributed by atoms with van der Waals surface area (Å²) in [6.45, 7) is 4.18. The Morgan fingerprint density at radius 1 is 1.33 bits per heavy atom. The Balaban J connectivity index is 2.12. The van der Waals surface area contributed by atoms with Crippen molar-refractivity contribution in [1.29, 1.82) is 0 Å². The second-order valence-corrected chi connectivity index (χ2v) is 5.83. The maximum absolute atomic E-state index is 10.7. The first kappa shape index (κ1) is 15.8. The number of methoxy groups -OCH3 is 1. The van der Waals surface area contributed by atoms with Crippen molar-refractivity contribution >= 4 is 6.29 Å². The zero-order valence-corrected chi connectivity index (χ0v) is 13.2. The van der Waals surface area contributed by atoms with Gasteiger partial charge >= 0.3 is 0 Å². The fraction of sp³-hybridized carbons (Fsp3) is 0.588. The molecule has 1 aromatic rings. The van der Waals surface area contributed by atoms with Crippen LogP contribution in [-0.2, 0) is 4.79 Å². The average molecular weight is 291 g/mol. The SMILES string of the molecule is COc1ccc(C(C)CC=O)cc1OC1CCN(C)CC1. The normalized spacial score (nSPS) is 18.2. The summed E-state index contributed by atoms with van der Waals surface area (Å²) in [6, 6.07) is 5.96. The lowest BCUT2D eigenvalue weighted by molar-refractivity contribution is -0.108. The number of piperidine rings is 1. The number of carbonyl (C=O) groups is 1. The number of likely N-dealkylation sites (tertiary alicyclic amines) is 1. The number of hydrogen-bond acceptors (Lipinski definition) is 4. The molecule has 1 unspecified atom stereocenters. The molecule has 1 fully saturated rings. The third-order valence-corrected chi connectivity index (χ3v) is 4.17. The number of hydrogen-bond donors (Lipinski definition) is 0. The van der Waals surface area contributed by atoms with E-state index < -0.39 is 0 Å². The lowest BCUT2D eigenvalue weighted by Gasteiger charge is -2.30. The minimum Gasteiger partial charge on any atom is -0.493 e. The molecular formula is C17H25NO3. The van der Waals surface area contributed by atoms with Gasteiger partial charge in [-0.05, 0) is 43.5 Å². The van der Waals surface area contributed by atoms with E-state index in [1.54, 1.807) is 7.11 Å². The Morgan fingerprint density at radius 2 is 2.05 bits per heavy atom. The summed E-state index contributed by atoms with van der Waals surface area (Å²) in [5, 5.41) is 0. The van der Waals surface area contributed by atoms with Gasteiger partial charge in [0.25, 0.3) is 0 Å². The molecule has 1 atom stereocenters. The highest BCUT2D eigenvalue weighted by Gasteiger charge is 2.20. The van der Waals surface area contributed by atoms with Crippen LogP contribution < -0.4 is 9.47 Å². The highest BCUT2D eigenvalue weighted by Crippen LogP contribution is 2.33. The summed E-state index contributed by atoms with van der Waals surface area (Å²) < 4.78 is 11.6. The van der Waals surface area contributed by atoms with E-state index in [0.717, 1.165) is 49.3 Å². The van der Waals surface area contributed by atoms with Crippen LogP contribution in [0.25, 0.3) is 0 Å². The van der Waals surface area contributed by atoms with Crippen LogP contribution in [-0.4, -0.2) is 44.5 Å². The van der Waals surface area contributed by atoms with Gasteiger partial charge in [-0.15, -0.1) is 0 Å². The van der Waals surface area contributed by atoms with Gasteiger partial charge in [0.2, 0.25) is 0 Å². The maximum atomic E-state index is 10.7. The lowest BCUT2D eigenvalue weighted by atomic mass is 9.98. The number of rotatable bonds is 6. The van der Waals surface area contributed by atoms with Gasteiger partial charge in [-0.25, -0.2) is 0 Å². The van der Waals surface area contributed by atoms with Crippen molar-refractivity contribution in [3.63, 3.8) is 0 Å². The third kappa shape index (κ3) is 4.21. The van der Waals surface area contributed by atoms with Crippen LogP contribution in [0.1, 0.15) is 37.7 Å². The van der Waals surface area contributed by atoms with Crippen molar-refractivity contribution < 1.29 is 14.3 Å². The molecule has 0 bridgehead atoms. The predicted molar refractivity (Wildman–Crippen MR) is 83.2 cm³/mol. The summed E-state index contributed by atoms with van der Waals surface area (Å²) in [7, 11) is 3.80. The molecule has 4 nitrogen and oxygen atoms in total. The Morgan fingerprint density at radius 3 is 2.67 bits per heavy atom. The van der Waals surface area contributed by atoms with E-state index in [-0.39, 0.29) is 12.0 Å². The summed E-state index contributed by atoms with van der Waals surface area (Å²) in [5.74, 6) is 1.76. The van der Waals surface area contributed by atoms with Crippen molar-refractivity contribution in [2.75, 3.05) is 27.2 Å². The summed E-state index contributed by atoms with van der Waals surface area (Å²) in [6.07, 6.45) is 3.81. The van der Waals surface area contributed by atoms with Crippen molar-refractivity contribution in [3.05, 3.63) is 23.8 Å². The summed E-state index contributed by atoms with van der Waals surface area (Å²) in [4.78, 5) is 13.0. The van der Waals surface area contributed by atoms with Crippen LogP contribution in [0.5, 0.6) is 11.5 Å². The van der Waals surface area contributed by atoms with Gasteiger partial charge in [-0.3, -0.25) is 0 Å². The van der Waals surface area contributed by atoms with E-state index in [4.69, 9.17) is 9.47 Å². The van der Waals surface area contributed by atoms with Crippen molar-refractivity contribution in [3.8, 4) is 11.5 Å². The predicted octanol–water partition coefficient (Wildman–Crippen LogP) is 2.86. The molecule has 4 heteroatoms. The highest BCUT2D eigenvalue weighted by molar-refractivity contribution is 5.52. The summed E-state index contributed by atoms with van der Waals surface area (Å²) >= 11 is 0. The van der Waals surface area contributed by atoms with Crippen LogP contribution in [0.2, 0.25) is 0 Å². The van der Waals surface area contributed by atoms with E-state index in [9.17, 15) is 4.79 Å². The average Bonchev–Trinajstić information content (AvgIpc) is 2.50. The minimum absolute atomic E-state index is 0.202. The van der Waals surface area contributed by atoms with Crippen LogP contribution in [0.3, 0.4) is 0 Å². The Labute approximate surface area is 127 Å². The number of nitrogens with zero attached hydrogens (tertiary/aromatic N) is 1. The zero-order valence-electron chi connectivity index (χ0n) is 13.2. The first-order chi connectivity index (χ1) is 10.1. The summed E-state index contributed by atoms with van der Waals surface area (Å²) in [5.41, 5.74) is 1.12. The molecule has 1 aliphatic rings. The minimum atomic E-state index is 0.202. The van der Waals surface area contributed by atoms with Gasteiger partial charge in [0.15, 0.2) is 11.5 Å². The van der Waals surface area contributed by atoms with E-state index in [1.165, 1.54) is 0 Å². The zero-order chi connectivity index (χ0) is 15.2. The van der Waals surface area contributed by atoms with Gasteiger partial charge in [0.05, 0.1) is 7.11 Å². The molecule has 2 rings (SSSR count). The molecule has 0 radical (unpaired) electrons. The van der Waals surface area contributed by atoms with Crippen LogP contribution in [0.4, 0.5) is 0 Å². The van der Waals surface area contributed by atoms with Gasteiger partial charge in [-0.2, -0.15) is 0 Å². The molecular weight excluding hydrogens is 266 g/mol. The lowest BCUT2D eigenvalue weighted by Crippen LogP contribution is -2.35. The second-order valence-electron chi connectivity index (χ2n) is 5.83. The molecule has 0 spiro atoms. The van der Waals surface area contributed by atoms with Crippen LogP contribution in [0.15, 0.2) is 18.2 Å². The fourth-order valence-electron chi connectivity index (χ4n) is 2.65. The first-order valence-electron chi connectivity index (χ1n) is 7.60. The maximum Gasteiger partial charge on any atom is 0.161 e. The molecule has 0 N–H and O–H groups in total. The molecule has 21 heavy (non-hydrogen) atoms. The molecule has 1 saturated heterocycles. The molecule has 0 aromatic heterocycles. The Kier molecular flexibility index (Phi) is 5.62. The number of carbonyl (C=O) groups excluding carboxylic acids is 1. The molecule has 1 aliphatic heterocycles. The standard InChI is InChI=1S/C17H25NO3/c1-13(8-11-19)14-4-5-16(20-3)17(12-14)21-15-6-9-18(2)10-7-15/h4-5,11-13,15H,6-10H2,1-3H3. The van der Waals surface area contributed by atoms with Crippen molar-refractivity contribution in [2.45, 2.75) is 38.2 Å². The number of ether oxygens (including phenoxy) is 2. The quantitative estimate of drug-likeness (QED) is 0.756. The van der Waals surface area contributed by atoms with Gasteiger partial charge in [0.1, 0.15) is 12.4 Å². The van der Waals surface area contributed by atoms with Gasteiger partial charge in [-0.1, -0.05) is 13.0 Å². The van der Waals surface area contributed by atoms with Crippen molar-refractivity contribution in [1.82, 2.24) is 4.90 Å². The Hall–Kier alpha value is -1.55. The Bertz CT molecular complexity index is 467. The molecule has 1 aromatic carbocycles. The van der Waals surface area contributed by atoms with Crippen LogP contribution in [0, 0.1) is 0 Å². The second kappa shape index (κ2) is 7.46. The smallest absolute Gasteiger partial charge is 0.161 e. The van der Waals surface area contributed by atoms with Gasteiger partial charge in [0, 0.05) is 19.5 Å². The van der Waals surface area contributed by atoms with Crippen LogP contribution >= 0.6 is 0 Å². The van der Waals surface area contributed by atoms with E-state index in [0.29, 0.717) is 6.42 Å². The molecule has 0 amide bonds. The number of benzene rings is 1. The van der Waals surface area contributed by atoms with E-state index in [1.807, 2.05) is 18.2 Å². The fourth-order valence-corrected chi connectivity index (χ4v) is 2.65. The first-order valence-corrected chi connectivity index (χ1v) is 7.60. The molecule has 0 aliphatic carbocycles. The third-order valence-electron chi connectivity index (χ3n) is 4.17. The molecule has 1 heterocycles. The van der Waals surface area contributed by atoms with Gasteiger partial charge < -0.3 is 19.2 Å². The number of aldehydes is 1. The van der Waals surface area contributed by atoms with Crippen molar-refractivity contribution in [2.24, 2.45) is 0 Å². The van der Waals surface area contributed by atoms with E-state index >= 15 is 0 Å². The largest absolute Gasteiger partial charge is 0.493 e. The monoisotopic (exact) mass is 291 g/mol. The molecule has 0 saturated carbocycles.